The normalized spacial score (nSPS) is 10.2. The summed E-state index contributed by atoms with van der Waals surface area (Å²) in [6.45, 7) is 3.86. The first kappa shape index (κ1) is 17.1. The van der Waals surface area contributed by atoms with Gasteiger partial charge in [0.15, 0.2) is 0 Å². The molecule has 1 heterocycles. The van der Waals surface area contributed by atoms with E-state index in [1.807, 2.05) is 30.3 Å². The van der Waals surface area contributed by atoms with Gasteiger partial charge in [0.1, 0.15) is 12.3 Å². The van der Waals surface area contributed by atoms with Crippen LogP contribution in [0.3, 0.4) is 0 Å². The van der Waals surface area contributed by atoms with E-state index in [1.54, 1.807) is 19.9 Å². The number of halogens is 1. The number of hydrogen-bond donors (Lipinski definition) is 1. The van der Waals surface area contributed by atoms with E-state index in [0.717, 1.165) is 5.56 Å². The number of amides is 1. The minimum atomic E-state index is -0.661. The maximum Gasteiger partial charge on any atom is 0.426 e. The Bertz CT molecular complexity index is 698. The summed E-state index contributed by atoms with van der Waals surface area (Å²) in [5, 5.41) is 0. The van der Waals surface area contributed by atoms with Gasteiger partial charge in [-0.3, -0.25) is 0 Å². The van der Waals surface area contributed by atoms with Crippen molar-refractivity contribution >= 4 is 28.0 Å². The van der Waals surface area contributed by atoms with Crippen molar-refractivity contribution in [3.63, 3.8) is 0 Å². The number of benzene rings is 1. The Labute approximate surface area is 142 Å². The third kappa shape index (κ3) is 4.35. The molecule has 0 spiro atoms. The van der Waals surface area contributed by atoms with Gasteiger partial charge in [0.2, 0.25) is 0 Å². The molecule has 0 saturated carbocycles. The maximum absolute atomic E-state index is 12.0. The molecule has 0 fully saturated rings. The van der Waals surface area contributed by atoms with Gasteiger partial charge >= 0.3 is 12.1 Å². The van der Waals surface area contributed by atoms with Crippen molar-refractivity contribution in [3.05, 3.63) is 57.8 Å². The molecule has 0 atom stereocenters. The molecule has 2 rings (SSSR count). The van der Waals surface area contributed by atoms with Crippen LogP contribution in [0.5, 0.6) is 0 Å². The summed E-state index contributed by atoms with van der Waals surface area (Å²) in [7, 11) is 0. The minimum Gasteiger partial charge on any atom is -0.461 e. The molecule has 1 aromatic heterocycles. The van der Waals surface area contributed by atoms with Crippen molar-refractivity contribution in [2.75, 3.05) is 12.0 Å². The smallest absolute Gasteiger partial charge is 0.426 e. The second-order valence-corrected chi connectivity index (χ2v) is 5.55. The molecule has 6 nitrogen and oxygen atoms in total. The van der Waals surface area contributed by atoms with Crippen LogP contribution in [0.25, 0.3) is 0 Å². The zero-order chi connectivity index (χ0) is 16.8. The predicted molar refractivity (Wildman–Crippen MR) is 88.8 cm³/mol. The van der Waals surface area contributed by atoms with Crippen molar-refractivity contribution in [2.24, 2.45) is 0 Å². The van der Waals surface area contributed by atoms with E-state index in [9.17, 15) is 9.59 Å². The van der Waals surface area contributed by atoms with E-state index in [4.69, 9.17) is 9.47 Å². The fourth-order valence-electron chi connectivity index (χ4n) is 1.92. The Morgan fingerprint density at radius 3 is 2.57 bits per heavy atom. The molecule has 122 valence electrons. The van der Waals surface area contributed by atoms with Crippen LogP contribution in [-0.4, -0.2) is 23.3 Å². The Balaban J connectivity index is 2.06. The summed E-state index contributed by atoms with van der Waals surface area (Å²) in [4.78, 5) is 23.9. The quantitative estimate of drug-likeness (QED) is 0.804. The first-order valence-electron chi connectivity index (χ1n) is 7.05. The van der Waals surface area contributed by atoms with Gasteiger partial charge in [0, 0.05) is 4.47 Å². The van der Waals surface area contributed by atoms with E-state index in [2.05, 4.69) is 21.4 Å². The van der Waals surface area contributed by atoms with Crippen LogP contribution < -0.4 is 5.43 Å². The molecule has 0 aliphatic rings. The lowest BCUT2D eigenvalue weighted by Gasteiger charge is -2.12. The van der Waals surface area contributed by atoms with Gasteiger partial charge in [-0.2, -0.15) is 0 Å². The molecule has 1 amide bonds. The molecule has 0 aliphatic carbocycles. The Kier molecular flexibility index (Phi) is 5.81. The van der Waals surface area contributed by atoms with E-state index < -0.39 is 12.1 Å². The SMILES string of the molecule is CCOC(=O)c1cc(Br)c(C)n1NC(=O)OCc1ccccc1. The molecule has 1 aromatic carbocycles. The number of carbonyl (C=O) groups excluding carboxylic acids is 2. The fraction of sp³-hybridized carbons (Fsp3) is 0.250. The van der Waals surface area contributed by atoms with Gasteiger partial charge in [0.05, 0.1) is 12.3 Å². The zero-order valence-corrected chi connectivity index (χ0v) is 14.4. The van der Waals surface area contributed by atoms with Crippen molar-refractivity contribution in [1.82, 2.24) is 4.68 Å². The highest BCUT2D eigenvalue weighted by atomic mass is 79.9. The summed E-state index contributed by atoms with van der Waals surface area (Å²) in [5.74, 6) is -0.523. The van der Waals surface area contributed by atoms with E-state index >= 15 is 0 Å². The topological polar surface area (TPSA) is 69.6 Å². The summed E-state index contributed by atoms with van der Waals surface area (Å²) in [6, 6.07) is 10.9. The fourth-order valence-corrected chi connectivity index (χ4v) is 2.32. The lowest BCUT2D eigenvalue weighted by Crippen LogP contribution is -2.28. The first-order chi connectivity index (χ1) is 11.0. The molecular formula is C16H17BrN2O4. The number of esters is 1. The van der Waals surface area contributed by atoms with Crippen LogP contribution >= 0.6 is 15.9 Å². The predicted octanol–water partition coefficient (Wildman–Crippen LogP) is 3.62. The van der Waals surface area contributed by atoms with Crippen LogP contribution in [0, 0.1) is 6.92 Å². The van der Waals surface area contributed by atoms with Crippen molar-refractivity contribution < 1.29 is 19.1 Å². The highest BCUT2D eigenvalue weighted by Crippen LogP contribution is 2.21. The number of carbonyl (C=O) groups is 2. The van der Waals surface area contributed by atoms with Gasteiger partial charge < -0.3 is 9.47 Å². The van der Waals surface area contributed by atoms with E-state index in [-0.39, 0.29) is 18.9 Å². The summed E-state index contributed by atoms with van der Waals surface area (Å²) < 4.78 is 12.2. The van der Waals surface area contributed by atoms with E-state index in [0.29, 0.717) is 10.2 Å². The summed E-state index contributed by atoms with van der Waals surface area (Å²) in [5.41, 5.74) is 4.28. The molecule has 1 N–H and O–H groups in total. The number of nitrogens with zero attached hydrogens (tertiary/aromatic N) is 1. The Morgan fingerprint density at radius 2 is 1.91 bits per heavy atom. The maximum atomic E-state index is 12.0. The highest BCUT2D eigenvalue weighted by molar-refractivity contribution is 9.10. The number of nitrogens with one attached hydrogen (secondary N) is 1. The van der Waals surface area contributed by atoms with E-state index in [1.165, 1.54) is 4.68 Å². The van der Waals surface area contributed by atoms with Crippen LogP contribution in [0.15, 0.2) is 40.9 Å². The minimum absolute atomic E-state index is 0.142. The summed E-state index contributed by atoms with van der Waals surface area (Å²) in [6.07, 6.45) is -0.661. The van der Waals surface area contributed by atoms with Gasteiger partial charge in [-0.25, -0.2) is 19.7 Å². The highest BCUT2D eigenvalue weighted by Gasteiger charge is 2.19. The Hall–Kier alpha value is -2.28. The van der Waals surface area contributed by atoms with Crippen LogP contribution in [0.1, 0.15) is 28.7 Å². The Morgan fingerprint density at radius 1 is 1.22 bits per heavy atom. The monoisotopic (exact) mass is 380 g/mol. The number of hydrogen-bond acceptors (Lipinski definition) is 4. The van der Waals surface area contributed by atoms with Gasteiger partial charge in [-0.15, -0.1) is 0 Å². The van der Waals surface area contributed by atoms with Gasteiger partial charge in [-0.1, -0.05) is 30.3 Å². The molecular weight excluding hydrogens is 364 g/mol. The van der Waals surface area contributed by atoms with Crippen LogP contribution in [0.4, 0.5) is 4.79 Å². The molecule has 2 aromatic rings. The van der Waals surface area contributed by atoms with Crippen LogP contribution in [-0.2, 0) is 16.1 Å². The molecule has 23 heavy (non-hydrogen) atoms. The molecule has 0 aliphatic heterocycles. The molecule has 0 unspecified atom stereocenters. The van der Waals surface area contributed by atoms with Gasteiger partial charge in [0.25, 0.3) is 0 Å². The molecule has 7 heteroatoms. The third-order valence-electron chi connectivity index (χ3n) is 3.09. The zero-order valence-electron chi connectivity index (χ0n) is 12.8. The lowest BCUT2D eigenvalue weighted by molar-refractivity contribution is 0.0515. The molecule has 0 bridgehead atoms. The second kappa shape index (κ2) is 7.82. The third-order valence-corrected chi connectivity index (χ3v) is 3.89. The molecule has 0 radical (unpaired) electrons. The first-order valence-corrected chi connectivity index (χ1v) is 7.85. The van der Waals surface area contributed by atoms with Crippen molar-refractivity contribution in [3.8, 4) is 0 Å². The standard InChI is InChI=1S/C16H17BrN2O4/c1-3-22-15(20)14-9-13(17)11(2)19(14)18-16(21)23-10-12-7-5-4-6-8-12/h4-9H,3,10H2,1-2H3,(H,18,21). The van der Waals surface area contributed by atoms with Crippen LogP contribution in [0.2, 0.25) is 0 Å². The number of ether oxygens (including phenoxy) is 2. The number of aromatic nitrogens is 1. The molecule has 0 saturated heterocycles. The average Bonchev–Trinajstić information content (AvgIpc) is 2.82. The van der Waals surface area contributed by atoms with Gasteiger partial charge in [-0.05, 0) is 41.4 Å². The average molecular weight is 381 g/mol. The second-order valence-electron chi connectivity index (χ2n) is 4.69. The van der Waals surface area contributed by atoms with Crippen molar-refractivity contribution in [1.29, 1.82) is 0 Å². The summed E-state index contributed by atoms with van der Waals surface area (Å²) >= 11 is 3.33. The lowest BCUT2D eigenvalue weighted by atomic mass is 10.2. The largest absolute Gasteiger partial charge is 0.461 e. The number of rotatable bonds is 5. The van der Waals surface area contributed by atoms with Crippen molar-refractivity contribution in [2.45, 2.75) is 20.5 Å².